The van der Waals surface area contributed by atoms with Gasteiger partial charge in [0.2, 0.25) is 5.91 Å². The van der Waals surface area contributed by atoms with Gasteiger partial charge in [0.25, 0.3) is 0 Å². The number of carbonyl (C=O) groups excluding carboxylic acids is 2. The molecule has 17 heavy (non-hydrogen) atoms. The first-order valence-electron chi connectivity index (χ1n) is 6.31. The third-order valence-corrected chi connectivity index (χ3v) is 3.11. The molecule has 1 fully saturated rings. The van der Waals surface area contributed by atoms with Crippen molar-refractivity contribution < 1.29 is 14.3 Å². The monoisotopic (exact) mass is 242 g/mol. The number of hydrogen-bond donors (Lipinski definition) is 2. The van der Waals surface area contributed by atoms with E-state index in [1.165, 1.54) is 0 Å². The minimum Gasteiger partial charge on any atom is -0.464 e. The summed E-state index contributed by atoms with van der Waals surface area (Å²) in [6.45, 7) is 6.29. The molecule has 98 valence electrons. The molecule has 5 nitrogen and oxygen atoms in total. The third-order valence-electron chi connectivity index (χ3n) is 3.11. The smallest absolute Gasteiger partial charge is 0.323 e. The first kappa shape index (κ1) is 14.0. The summed E-state index contributed by atoms with van der Waals surface area (Å²) in [6.07, 6.45) is 2.47. The summed E-state index contributed by atoms with van der Waals surface area (Å²) in [5.74, 6) is -0.314. The molecule has 0 aromatic carbocycles. The number of rotatable bonds is 6. The molecule has 1 saturated heterocycles. The molecule has 2 unspecified atom stereocenters. The van der Waals surface area contributed by atoms with Crippen LogP contribution in [0.4, 0.5) is 0 Å². The van der Waals surface area contributed by atoms with Crippen molar-refractivity contribution in [2.75, 3.05) is 6.61 Å². The lowest BCUT2D eigenvalue weighted by atomic mass is 10.1. The molecule has 0 aromatic rings. The summed E-state index contributed by atoms with van der Waals surface area (Å²) in [4.78, 5) is 23.1. The molecule has 1 amide bonds. The van der Waals surface area contributed by atoms with Crippen molar-refractivity contribution in [1.82, 2.24) is 10.6 Å². The minimum atomic E-state index is -0.369. The van der Waals surface area contributed by atoms with Crippen LogP contribution in [0, 0.1) is 0 Å². The molecule has 0 saturated carbocycles. The van der Waals surface area contributed by atoms with Gasteiger partial charge in [-0.15, -0.1) is 0 Å². The summed E-state index contributed by atoms with van der Waals surface area (Å²) < 4.78 is 4.84. The number of carbonyl (C=O) groups is 2. The summed E-state index contributed by atoms with van der Waals surface area (Å²) in [7, 11) is 0. The van der Waals surface area contributed by atoms with Gasteiger partial charge in [-0.25, -0.2) is 0 Å². The Hall–Kier alpha value is -1.10. The van der Waals surface area contributed by atoms with Gasteiger partial charge in [-0.3, -0.25) is 14.9 Å². The normalized spacial score (nSPS) is 21.4. The number of nitrogens with one attached hydrogen (secondary N) is 2. The Morgan fingerprint density at radius 1 is 1.47 bits per heavy atom. The van der Waals surface area contributed by atoms with E-state index in [9.17, 15) is 9.59 Å². The molecule has 2 atom stereocenters. The molecular formula is C12H22N2O3. The largest absolute Gasteiger partial charge is 0.464 e. The maximum absolute atomic E-state index is 11.8. The standard InChI is InChI=1S/C12H22N2O3/c1-4-9(5-2)14-11(15)8(3)13-10-6-7-17-12(10)16/h8-10,13H,4-7H2,1-3H3,(H,14,15). The molecule has 0 aromatic heterocycles. The topological polar surface area (TPSA) is 67.4 Å². The van der Waals surface area contributed by atoms with Crippen LogP contribution < -0.4 is 10.6 Å². The lowest BCUT2D eigenvalue weighted by Crippen LogP contribution is -2.50. The molecule has 0 spiro atoms. The zero-order chi connectivity index (χ0) is 12.8. The zero-order valence-electron chi connectivity index (χ0n) is 10.8. The second-order valence-electron chi connectivity index (χ2n) is 4.42. The van der Waals surface area contributed by atoms with Crippen LogP contribution in [0.5, 0.6) is 0 Å². The Bertz CT molecular complexity index is 277. The summed E-state index contributed by atoms with van der Waals surface area (Å²) in [6, 6.07) is -0.494. The van der Waals surface area contributed by atoms with Crippen molar-refractivity contribution in [3.05, 3.63) is 0 Å². The number of esters is 1. The molecule has 1 aliphatic heterocycles. The minimum absolute atomic E-state index is 0.0570. The average Bonchev–Trinajstić information content (AvgIpc) is 2.71. The van der Waals surface area contributed by atoms with Crippen molar-refractivity contribution in [1.29, 1.82) is 0 Å². The van der Waals surface area contributed by atoms with E-state index in [0.717, 1.165) is 12.8 Å². The van der Waals surface area contributed by atoms with E-state index in [2.05, 4.69) is 10.6 Å². The van der Waals surface area contributed by atoms with Gasteiger partial charge in [-0.2, -0.15) is 0 Å². The van der Waals surface area contributed by atoms with Crippen LogP contribution in [0.1, 0.15) is 40.0 Å². The van der Waals surface area contributed by atoms with Crippen LogP contribution >= 0.6 is 0 Å². The highest BCUT2D eigenvalue weighted by Crippen LogP contribution is 2.07. The fourth-order valence-corrected chi connectivity index (χ4v) is 1.84. The van der Waals surface area contributed by atoms with Gasteiger partial charge in [-0.1, -0.05) is 13.8 Å². The number of hydrogen-bond acceptors (Lipinski definition) is 4. The SMILES string of the molecule is CCC(CC)NC(=O)C(C)NC1CCOC1=O. The molecule has 0 radical (unpaired) electrons. The van der Waals surface area contributed by atoms with E-state index < -0.39 is 0 Å². The van der Waals surface area contributed by atoms with E-state index in [4.69, 9.17) is 4.74 Å². The van der Waals surface area contributed by atoms with Gasteiger partial charge < -0.3 is 10.1 Å². The van der Waals surface area contributed by atoms with Crippen LogP contribution in [0.15, 0.2) is 0 Å². The highest BCUT2D eigenvalue weighted by molar-refractivity contribution is 5.83. The highest BCUT2D eigenvalue weighted by atomic mass is 16.5. The summed E-state index contributed by atoms with van der Waals surface area (Å²) in [5, 5.41) is 5.95. The average molecular weight is 242 g/mol. The van der Waals surface area contributed by atoms with Gasteiger partial charge >= 0.3 is 5.97 Å². The number of ether oxygens (including phenoxy) is 1. The predicted octanol–water partition coefficient (Wildman–Crippen LogP) is 0.585. The van der Waals surface area contributed by atoms with Crippen LogP contribution in [-0.2, 0) is 14.3 Å². The van der Waals surface area contributed by atoms with Gasteiger partial charge in [0, 0.05) is 12.5 Å². The fourth-order valence-electron chi connectivity index (χ4n) is 1.84. The Balaban J connectivity index is 2.38. The molecule has 0 aliphatic carbocycles. The van der Waals surface area contributed by atoms with E-state index >= 15 is 0 Å². The lowest BCUT2D eigenvalue weighted by Gasteiger charge is -2.20. The van der Waals surface area contributed by atoms with E-state index in [1.807, 2.05) is 13.8 Å². The van der Waals surface area contributed by atoms with Crippen LogP contribution in [0.25, 0.3) is 0 Å². The van der Waals surface area contributed by atoms with Crippen molar-refractivity contribution >= 4 is 11.9 Å². The Morgan fingerprint density at radius 3 is 2.59 bits per heavy atom. The number of cyclic esters (lactones) is 1. The van der Waals surface area contributed by atoms with Crippen molar-refractivity contribution in [3.63, 3.8) is 0 Å². The Kier molecular flexibility index (Phi) is 5.41. The summed E-state index contributed by atoms with van der Waals surface area (Å²) in [5.41, 5.74) is 0. The zero-order valence-corrected chi connectivity index (χ0v) is 10.8. The second-order valence-corrected chi connectivity index (χ2v) is 4.42. The highest BCUT2D eigenvalue weighted by Gasteiger charge is 2.29. The van der Waals surface area contributed by atoms with Crippen molar-refractivity contribution in [2.45, 2.75) is 58.2 Å². The molecule has 1 aliphatic rings. The van der Waals surface area contributed by atoms with Crippen molar-refractivity contribution in [2.24, 2.45) is 0 Å². The Labute approximate surface area is 102 Å². The second kappa shape index (κ2) is 6.59. The molecule has 1 heterocycles. The van der Waals surface area contributed by atoms with E-state index in [-0.39, 0.29) is 30.0 Å². The quantitative estimate of drug-likeness (QED) is 0.669. The van der Waals surface area contributed by atoms with Crippen LogP contribution in [-0.4, -0.2) is 36.6 Å². The maximum atomic E-state index is 11.8. The summed E-state index contributed by atoms with van der Waals surface area (Å²) >= 11 is 0. The van der Waals surface area contributed by atoms with Gasteiger partial charge in [0.15, 0.2) is 0 Å². The predicted molar refractivity (Wildman–Crippen MR) is 64.5 cm³/mol. The van der Waals surface area contributed by atoms with Crippen LogP contribution in [0.2, 0.25) is 0 Å². The number of amides is 1. The Morgan fingerprint density at radius 2 is 2.12 bits per heavy atom. The molecule has 0 bridgehead atoms. The first-order chi connectivity index (χ1) is 8.08. The van der Waals surface area contributed by atoms with E-state index in [1.54, 1.807) is 6.92 Å². The third kappa shape index (κ3) is 4.00. The molecule has 5 heteroatoms. The van der Waals surface area contributed by atoms with Crippen molar-refractivity contribution in [3.8, 4) is 0 Å². The molecular weight excluding hydrogens is 220 g/mol. The lowest BCUT2D eigenvalue weighted by molar-refractivity contribution is -0.139. The van der Waals surface area contributed by atoms with Gasteiger partial charge in [-0.05, 0) is 19.8 Å². The fraction of sp³-hybridized carbons (Fsp3) is 0.833. The first-order valence-corrected chi connectivity index (χ1v) is 6.31. The molecule has 1 rings (SSSR count). The molecule has 2 N–H and O–H groups in total. The maximum Gasteiger partial charge on any atom is 0.323 e. The van der Waals surface area contributed by atoms with Gasteiger partial charge in [0.1, 0.15) is 6.04 Å². The van der Waals surface area contributed by atoms with Crippen LogP contribution in [0.3, 0.4) is 0 Å². The van der Waals surface area contributed by atoms with Gasteiger partial charge in [0.05, 0.1) is 12.6 Å². The van der Waals surface area contributed by atoms with E-state index in [0.29, 0.717) is 13.0 Å².